The molecule has 1 aromatic carbocycles. The lowest BCUT2D eigenvalue weighted by molar-refractivity contribution is -0.148. The van der Waals surface area contributed by atoms with Crippen LogP contribution < -0.4 is 16.2 Å². The number of hydrogen-bond acceptors (Lipinski definition) is 4. The predicted molar refractivity (Wildman–Crippen MR) is 75.1 cm³/mol. The third kappa shape index (κ3) is 3.38. The minimum atomic E-state index is -0.921. The summed E-state index contributed by atoms with van der Waals surface area (Å²) in [5, 5.41) is 9.45. The van der Waals surface area contributed by atoms with E-state index >= 15 is 0 Å². The zero-order chi connectivity index (χ0) is 14.5. The number of carboxylic acids is 1. The van der Waals surface area contributed by atoms with E-state index in [1.165, 1.54) is 0 Å². The molecule has 1 rings (SSSR count). The molecule has 1 unspecified atom stereocenters. The van der Waals surface area contributed by atoms with Crippen LogP contribution in [-0.4, -0.2) is 24.7 Å². The van der Waals surface area contributed by atoms with Crippen LogP contribution in [0.5, 0.6) is 5.75 Å². The number of nitrogen functional groups attached to an aromatic ring is 1. The van der Waals surface area contributed by atoms with Crippen LogP contribution >= 0.6 is 0 Å². The molecule has 0 aliphatic heterocycles. The van der Waals surface area contributed by atoms with Gasteiger partial charge in [0.05, 0.1) is 18.2 Å². The van der Waals surface area contributed by atoms with Gasteiger partial charge in [0.2, 0.25) is 0 Å². The highest BCUT2D eigenvalue weighted by atomic mass is 16.5. The fourth-order valence-electron chi connectivity index (χ4n) is 2.30. The van der Waals surface area contributed by atoms with Gasteiger partial charge in [-0.1, -0.05) is 19.4 Å². The molecule has 0 aliphatic rings. The van der Waals surface area contributed by atoms with Gasteiger partial charge in [-0.2, -0.15) is 0 Å². The molecule has 5 nitrogen and oxygen atoms in total. The van der Waals surface area contributed by atoms with Gasteiger partial charge in [0, 0.05) is 6.54 Å². The van der Waals surface area contributed by atoms with Crippen molar-refractivity contribution in [2.24, 2.45) is 11.1 Å². The third-order valence-electron chi connectivity index (χ3n) is 3.41. The fraction of sp³-hybridized carbons (Fsp3) is 0.500. The Balaban J connectivity index is 3.02. The summed E-state index contributed by atoms with van der Waals surface area (Å²) in [5.74, 6) is -0.265. The first-order chi connectivity index (χ1) is 8.99. The Morgan fingerprint density at radius 1 is 1.47 bits per heavy atom. The molecule has 0 heterocycles. The normalized spacial score (nSPS) is 13.8. The Kier molecular flexibility index (Phi) is 5.18. The zero-order valence-corrected chi connectivity index (χ0v) is 11.5. The Labute approximate surface area is 113 Å². The minimum Gasteiger partial charge on any atom is -0.495 e. The fourth-order valence-corrected chi connectivity index (χ4v) is 2.30. The average molecular weight is 266 g/mol. The number of carbonyl (C=O) groups is 1. The number of methoxy groups -OCH3 is 1. The van der Waals surface area contributed by atoms with E-state index in [0.717, 1.165) is 12.0 Å². The van der Waals surface area contributed by atoms with Crippen LogP contribution in [0, 0.1) is 5.41 Å². The second kappa shape index (κ2) is 6.43. The first-order valence-electron chi connectivity index (χ1n) is 6.35. The summed E-state index contributed by atoms with van der Waals surface area (Å²) in [6.45, 7) is 2.07. The number of ether oxygens (including phenoxy) is 1. The standard InChI is InChI=1S/C14H22N2O3/c1-3-6-14(9-15,13(17)18)8-10-4-5-12(19-2)11(16)7-10/h4-5,7H,3,6,8-9,15-16H2,1-2H3,(H,17,18). The van der Waals surface area contributed by atoms with Crippen molar-refractivity contribution >= 4 is 11.7 Å². The van der Waals surface area contributed by atoms with E-state index in [1.54, 1.807) is 19.2 Å². The first kappa shape index (κ1) is 15.3. The summed E-state index contributed by atoms with van der Waals surface area (Å²) >= 11 is 0. The third-order valence-corrected chi connectivity index (χ3v) is 3.41. The van der Waals surface area contributed by atoms with Gasteiger partial charge < -0.3 is 21.3 Å². The van der Waals surface area contributed by atoms with Gasteiger partial charge in [-0.25, -0.2) is 0 Å². The summed E-state index contributed by atoms with van der Waals surface area (Å²) in [7, 11) is 1.55. The van der Waals surface area contributed by atoms with E-state index < -0.39 is 11.4 Å². The van der Waals surface area contributed by atoms with Gasteiger partial charge in [0.15, 0.2) is 0 Å². The molecule has 5 N–H and O–H groups in total. The van der Waals surface area contributed by atoms with Crippen molar-refractivity contribution in [2.45, 2.75) is 26.2 Å². The molecule has 0 amide bonds. The quantitative estimate of drug-likeness (QED) is 0.652. The van der Waals surface area contributed by atoms with Crippen LogP contribution in [0.1, 0.15) is 25.3 Å². The molecule has 106 valence electrons. The molecule has 1 aromatic rings. The molecule has 19 heavy (non-hydrogen) atoms. The van der Waals surface area contributed by atoms with E-state index in [-0.39, 0.29) is 6.54 Å². The molecule has 0 radical (unpaired) electrons. The Morgan fingerprint density at radius 2 is 2.16 bits per heavy atom. The summed E-state index contributed by atoms with van der Waals surface area (Å²) in [6.07, 6.45) is 1.70. The van der Waals surface area contributed by atoms with Crippen LogP contribution in [0.4, 0.5) is 5.69 Å². The highest BCUT2D eigenvalue weighted by Crippen LogP contribution is 2.31. The van der Waals surface area contributed by atoms with Crippen LogP contribution in [0.15, 0.2) is 18.2 Å². The smallest absolute Gasteiger partial charge is 0.311 e. The SMILES string of the molecule is CCCC(CN)(Cc1ccc(OC)c(N)c1)C(=O)O. The number of rotatable bonds is 7. The molecule has 0 saturated heterocycles. The average Bonchev–Trinajstić information content (AvgIpc) is 2.38. The lowest BCUT2D eigenvalue weighted by Gasteiger charge is -2.27. The number of benzene rings is 1. The van der Waals surface area contributed by atoms with Gasteiger partial charge in [0.25, 0.3) is 0 Å². The van der Waals surface area contributed by atoms with Gasteiger partial charge in [-0.05, 0) is 30.5 Å². The van der Waals surface area contributed by atoms with E-state index in [9.17, 15) is 9.90 Å². The van der Waals surface area contributed by atoms with Gasteiger partial charge in [-0.3, -0.25) is 4.79 Å². The summed E-state index contributed by atoms with van der Waals surface area (Å²) in [6, 6.07) is 5.33. The number of nitrogens with two attached hydrogens (primary N) is 2. The van der Waals surface area contributed by atoms with Crippen LogP contribution in [0.3, 0.4) is 0 Å². The van der Waals surface area contributed by atoms with E-state index in [0.29, 0.717) is 24.3 Å². The zero-order valence-electron chi connectivity index (χ0n) is 11.5. The molecular weight excluding hydrogens is 244 g/mol. The van der Waals surface area contributed by atoms with E-state index in [1.807, 2.05) is 13.0 Å². The minimum absolute atomic E-state index is 0.113. The lowest BCUT2D eigenvalue weighted by atomic mass is 9.78. The molecule has 0 spiro atoms. The lowest BCUT2D eigenvalue weighted by Crippen LogP contribution is -2.40. The molecular formula is C14H22N2O3. The largest absolute Gasteiger partial charge is 0.495 e. The van der Waals surface area contributed by atoms with Crippen LogP contribution in [0.25, 0.3) is 0 Å². The molecule has 5 heteroatoms. The molecule has 0 aromatic heterocycles. The molecule has 0 aliphatic carbocycles. The predicted octanol–water partition coefficient (Wildman–Crippen LogP) is 1.65. The highest BCUT2D eigenvalue weighted by Gasteiger charge is 2.36. The summed E-state index contributed by atoms with van der Waals surface area (Å²) in [5.41, 5.74) is 12.0. The van der Waals surface area contributed by atoms with E-state index in [2.05, 4.69) is 0 Å². The van der Waals surface area contributed by atoms with Crippen LogP contribution in [-0.2, 0) is 11.2 Å². The molecule has 1 atom stereocenters. The van der Waals surface area contributed by atoms with Crippen molar-refractivity contribution < 1.29 is 14.6 Å². The van der Waals surface area contributed by atoms with Gasteiger partial charge in [0.1, 0.15) is 5.75 Å². The highest BCUT2D eigenvalue weighted by molar-refractivity contribution is 5.75. The maximum atomic E-state index is 11.5. The molecule has 0 saturated carbocycles. The number of aliphatic carboxylic acids is 1. The summed E-state index contributed by atoms with van der Waals surface area (Å²) in [4.78, 5) is 11.5. The van der Waals surface area contributed by atoms with Crippen molar-refractivity contribution in [2.75, 3.05) is 19.4 Å². The molecule has 0 fully saturated rings. The monoisotopic (exact) mass is 266 g/mol. The van der Waals surface area contributed by atoms with Crippen molar-refractivity contribution in [3.63, 3.8) is 0 Å². The first-order valence-corrected chi connectivity index (χ1v) is 6.35. The number of carboxylic acid groups (broad SMARTS) is 1. The Bertz CT molecular complexity index is 448. The topological polar surface area (TPSA) is 98.6 Å². The molecule has 0 bridgehead atoms. The van der Waals surface area contributed by atoms with E-state index in [4.69, 9.17) is 16.2 Å². The number of hydrogen-bond donors (Lipinski definition) is 3. The van der Waals surface area contributed by atoms with Crippen molar-refractivity contribution in [1.82, 2.24) is 0 Å². The summed E-state index contributed by atoms with van der Waals surface area (Å²) < 4.78 is 5.09. The number of anilines is 1. The van der Waals surface area contributed by atoms with Crippen LogP contribution in [0.2, 0.25) is 0 Å². The van der Waals surface area contributed by atoms with Gasteiger partial charge in [-0.15, -0.1) is 0 Å². The Morgan fingerprint density at radius 3 is 2.58 bits per heavy atom. The van der Waals surface area contributed by atoms with Crippen molar-refractivity contribution in [1.29, 1.82) is 0 Å². The van der Waals surface area contributed by atoms with Crippen molar-refractivity contribution in [3.05, 3.63) is 23.8 Å². The maximum Gasteiger partial charge on any atom is 0.311 e. The second-order valence-electron chi connectivity index (χ2n) is 4.79. The van der Waals surface area contributed by atoms with Crippen molar-refractivity contribution in [3.8, 4) is 5.75 Å². The Hall–Kier alpha value is -1.75. The maximum absolute atomic E-state index is 11.5. The van der Waals surface area contributed by atoms with Gasteiger partial charge >= 0.3 is 5.97 Å². The second-order valence-corrected chi connectivity index (χ2v) is 4.79.